The summed E-state index contributed by atoms with van der Waals surface area (Å²) in [6.45, 7) is 0. The van der Waals surface area contributed by atoms with Crippen LogP contribution in [0.15, 0.2) is 48.8 Å². The molecule has 2 aromatic carbocycles. The number of pyridine rings is 1. The van der Waals surface area contributed by atoms with Gasteiger partial charge in [-0.25, -0.2) is 9.97 Å². The van der Waals surface area contributed by atoms with E-state index in [-0.39, 0.29) is 0 Å². The molecule has 0 amide bonds. The normalized spacial score (nSPS) is 11.4. The Bertz CT molecular complexity index is 1020. The highest BCUT2D eigenvalue weighted by Crippen LogP contribution is 2.32. The monoisotopic (exact) mass is 328 g/mol. The van der Waals surface area contributed by atoms with E-state index in [0.717, 1.165) is 22.1 Å². The molecule has 0 spiro atoms. The van der Waals surface area contributed by atoms with Gasteiger partial charge in [-0.3, -0.25) is 4.57 Å². The molecule has 2 aromatic heterocycles. The van der Waals surface area contributed by atoms with Crippen LogP contribution in [0.1, 0.15) is 0 Å². The summed E-state index contributed by atoms with van der Waals surface area (Å²) in [5, 5.41) is 2.15. The molecule has 0 aliphatic carbocycles. The van der Waals surface area contributed by atoms with Crippen LogP contribution in [-0.2, 0) is 0 Å². The molecule has 0 atom stereocenters. The van der Waals surface area contributed by atoms with Crippen molar-refractivity contribution in [2.45, 2.75) is 0 Å². The van der Waals surface area contributed by atoms with E-state index >= 15 is 0 Å². The Morgan fingerprint density at radius 3 is 2.68 bits per heavy atom. The Morgan fingerprint density at radius 1 is 1.05 bits per heavy atom. The summed E-state index contributed by atoms with van der Waals surface area (Å²) in [5.41, 5.74) is 9.12. The van der Waals surface area contributed by atoms with E-state index in [2.05, 4.69) is 9.97 Å². The molecule has 4 nitrogen and oxygen atoms in total. The smallest absolute Gasteiger partial charge is 0.152 e. The highest BCUT2D eigenvalue weighted by molar-refractivity contribution is 6.33. The van der Waals surface area contributed by atoms with E-state index in [1.807, 2.05) is 41.0 Å². The molecule has 0 saturated carbocycles. The second-order valence-electron chi connectivity index (χ2n) is 4.92. The summed E-state index contributed by atoms with van der Waals surface area (Å²) in [5.74, 6) is 0.385. The first kappa shape index (κ1) is 13.4. The average molecular weight is 329 g/mol. The maximum absolute atomic E-state index is 6.32. The molecular weight excluding hydrogens is 319 g/mol. The van der Waals surface area contributed by atoms with Crippen molar-refractivity contribution < 1.29 is 0 Å². The molecule has 108 valence electrons. The summed E-state index contributed by atoms with van der Waals surface area (Å²) >= 11 is 12.5. The molecule has 4 aromatic rings. The quantitative estimate of drug-likeness (QED) is 0.561. The molecule has 0 radical (unpaired) electrons. The minimum absolute atomic E-state index is 0.385. The third-order valence-electron chi connectivity index (χ3n) is 3.58. The number of fused-ring (bicyclic) bond motifs is 3. The number of nitrogen functional groups attached to an aromatic ring is 1. The van der Waals surface area contributed by atoms with E-state index in [1.54, 1.807) is 12.4 Å². The lowest BCUT2D eigenvalue weighted by atomic mass is 10.2. The lowest BCUT2D eigenvalue weighted by Crippen LogP contribution is -1.97. The van der Waals surface area contributed by atoms with Crippen LogP contribution in [0.4, 0.5) is 5.82 Å². The van der Waals surface area contributed by atoms with E-state index in [1.165, 1.54) is 0 Å². The molecular formula is C16H10Cl2N4. The molecule has 0 bridgehead atoms. The van der Waals surface area contributed by atoms with Crippen molar-refractivity contribution in [1.82, 2.24) is 14.5 Å². The van der Waals surface area contributed by atoms with Crippen LogP contribution in [0, 0.1) is 0 Å². The van der Waals surface area contributed by atoms with Crippen molar-refractivity contribution in [3.8, 4) is 5.69 Å². The molecule has 22 heavy (non-hydrogen) atoms. The van der Waals surface area contributed by atoms with Crippen LogP contribution in [0.2, 0.25) is 10.0 Å². The van der Waals surface area contributed by atoms with E-state index in [4.69, 9.17) is 28.9 Å². The Kier molecular flexibility index (Phi) is 2.96. The Labute approximate surface area is 136 Å². The van der Waals surface area contributed by atoms with Gasteiger partial charge in [-0.2, -0.15) is 0 Å². The first-order valence-electron chi connectivity index (χ1n) is 6.62. The summed E-state index contributed by atoms with van der Waals surface area (Å²) < 4.78 is 1.91. The Balaban J connectivity index is 2.19. The summed E-state index contributed by atoms with van der Waals surface area (Å²) in [6.07, 6.45) is 1.70. The second-order valence-corrected chi connectivity index (χ2v) is 5.77. The summed E-state index contributed by atoms with van der Waals surface area (Å²) in [6, 6.07) is 13.1. The molecule has 4 rings (SSSR count). The van der Waals surface area contributed by atoms with Crippen LogP contribution in [-0.4, -0.2) is 14.5 Å². The van der Waals surface area contributed by atoms with Gasteiger partial charge >= 0.3 is 0 Å². The molecule has 2 N–H and O–H groups in total. The van der Waals surface area contributed by atoms with Gasteiger partial charge in [0.15, 0.2) is 5.82 Å². The summed E-state index contributed by atoms with van der Waals surface area (Å²) in [4.78, 5) is 8.77. The van der Waals surface area contributed by atoms with E-state index in [0.29, 0.717) is 21.4 Å². The van der Waals surface area contributed by atoms with Crippen LogP contribution in [0.25, 0.3) is 27.6 Å². The SMILES string of the molecule is Nc1nc2ccc(Cl)cc2c2c1ncn2-c1ccccc1Cl. The number of imidazole rings is 1. The van der Waals surface area contributed by atoms with Crippen molar-refractivity contribution in [2.24, 2.45) is 0 Å². The number of anilines is 1. The van der Waals surface area contributed by atoms with Crippen LogP contribution in [0.5, 0.6) is 0 Å². The third kappa shape index (κ3) is 1.92. The lowest BCUT2D eigenvalue weighted by Gasteiger charge is -2.09. The van der Waals surface area contributed by atoms with E-state index < -0.39 is 0 Å². The molecule has 0 saturated heterocycles. The van der Waals surface area contributed by atoms with Gasteiger partial charge in [0.05, 0.1) is 21.7 Å². The number of halogens is 2. The zero-order valence-corrected chi connectivity index (χ0v) is 12.8. The number of hydrogen-bond acceptors (Lipinski definition) is 3. The fraction of sp³-hybridized carbons (Fsp3) is 0. The van der Waals surface area contributed by atoms with Crippen molar-refractivity contribution >= 4 is 51.0 Å². The highest BCUT2D eigenvalue weighted by atomic mass is 35.5. The number of rotatable bonds is 1. The largest absolute Gasteiger partial charge is 0.382 e. The highest BCUT2D eigenvalue weighted by Gasteiger charge is 2.14. The van der Waals surface area contributed by atoms with Crippen LogP contribution in [0.3, 0.4) is 0 Å². The van der Waals surface area contributed by atoms with Crippen molar-refractivity contribution in [1.29, 1.82) is 0 Å². The third-order valence-corrected chi connectivity index (χ3v) is 4.13. The van der Waals surface area contributed by atoms with Crippen LogP contribution >= 0.6 is 23.2 Å². The molecule has 0 unspecified atom stereocenters. The van der Waals surface area contributed by atoms with Gasteiger partial charge in [-0.1, -0.05) is 35.3 Å². The van der Waals surface area contributed by atoms with Gasteiger partial charge < -0.3 is 5.73 Å². The van der Waals surface area contributed by atoms with Crippen molar-refractivity contribution in [3.05, 3.63) is 58.8 Å². The van der Waals surface area contributed by atoms with Crippen LogP contribution < -0.4 is 5.73 Å². The number of hydrogen-bond donors (Lipinski definition) is 1. The number of benzene rings is 2. The molecule has 0 aliphatic heterocycles. The first-order valence-corrected chi connectivity index (χ1v) is 7.37. The lowest BCUT2D eigenvalue weighted by molar-refractivity contribution is 1.10. The zero-order valence-electron chi connectivity index (χ0n) is 11.3. The van der Waals surface area contributed by atoms with Gasteiger partial charge in [-0.15, -0.1) is 0 Å². The molecule has 2 heterocycles. The maximum Gasteiger partial charge on any atom is 0.152 e. The van der Waals surface area contributed by atoms with Crippen molar-refractivity contribution in [3.63, 3.8) is 0 Å². The molecule has 0 aliphatic rings. The number of aromatic nitrogens is 3. The van der Waals surface area contributed by atoms with Gasteiger partial charge in [0.1, 0.15) is 11.8 Å². The minimum Gasteiger partial charge on any atom is -0.382 e. The predicted molar refractivity (Wildman–Crippen MR) is 90.8 cm³/mol. The minimum atomic E-state index is 0.385. The number of nitrogens with zero attached hydrogens (tertiary/aromatic N) is 3. The van der Waals surface area contributed by atoms with Gasteiger partial charge in [0.2, 0.25) is 0 Å². The maximum atomic E-state index is 6.32. The average Bonchev–Trinajstić information content (AvgIpc) is 2.94. The number of nitrogens with two attached hydrogens (primary N) is 1. The van der Waals surface area contributed by atoms with Gasteiger partial charge in [0, 0.05) is 10.4 Å². The molecule has 0 fully saturated rings. The fourth-order valence-electron chi connectivity index (χ4n) is 2.60. The van der Waals surface area contributed by atoms with Gasteiger partial charge in [0.25, 0.3) is 0 Å². The topological polar surface area (TPSA) is 56.7 Å². The molecule has 6 heteroatoms. The van der Waals surface area contributed by atoms with E-state index in [9.17, 15) is 0 Å². The predicted octanol–water partition coefficient (Wildman–Crippen LogP) is 4.46. The van der Waals surface area contributed by atoms with Crippen molar-refractivity contribution in [2.75, 3.05) is 5.73 Å². The van der Waals surface area contributed by atoms with Gasteiger partial charge in [-0.05, 0) is 30.3 Å². The Hall–Kier alpha value is -2.30. The first-order chi connectivity index (χ1) is 10.6. The zero-order chi connectivity index (χ0) is 15.3. The number of para-hydroxylation sites is 1. The summed E-state index contributed by atoms with van der Waals surface area (Å²) in [7, 11) is 0. The standard InChI is InChI=1S/C16H10Cl2N4/c17-9-5-6-12-10(7-9)15-14(16(19)21-12)20-8-22(15)13-4-2-1-3-11(13)18/h1-8H,(H2,19,21). The Morgan fingerprint density at radius 2 is 1.86 bits per heavy atom. The second kappa shape index (κ2) is 4.87. The fourth-order valence-corrected chi connectivity index (χ4v) is 3.00.